The number of ketones is 1. The van der Waals surface area contributed by atoms with Crippen LogP contribution in [0.1, 0.15) is 48.2 Å². The van der Waals surface area contributed by atoms with Crippen LogP contribution in [-0.2, 0) is 22.6 Å². The number of carbonyl (C=O) groups excluding carboxylic acids is 3. The maximum Gasteiger partial charge on any atom is 0.255 e. The number of aliphatic hydroxyl groups excluding tert-OH is 1. The second-order valence-electron chi connectivity index (χ2n) is 10.7. The number of benzene rings is 3. The molecule has 2 amide bonds. The standard InChI is InChI=1S/C32H34N2O4/c1-21(2)30(34-19-25-10-6-7-11-27(25)31(34)37)32(38)33-20-26(35)18-28(33)29(36)17-14-22-12-15-24(16-13-22)23-8-4-3-5-9-23/h3-13,15-16,21,26,28,30,35H,14,17-20H2,1-2H3/t26-,28+,30+/m1/s1. The van der Waals surface area contributed by atoms with Crippen LogP contribution in [0.15, 0.2) is 78.9 Å². The van der Waals surface area contributed by atoms with Crippen molar-refractivity contribution >= 4 is 17.6 Å². The van der Waals surface area contributed by atoms with E-state index in [1.807, 2.05) is 62.4 Å². The maximum absolute atomic E-state index is 13.8. The van der Waals surface area contributed by atoms with E-state index < -0.39 is 18.2 Å². The number of nitrogens with zero attached hydrogens (tertiary/aromatic N) is 2. The van der Waals surface area contributed by atoms with E-state index in [0.29, 0.717) is 18.5 Å². The van der Waals surface area contributed by atoms with Crippen molar-refractivity contribution in [2.24, 2.45) is 5.92 Å². The van der Waals surface area contributed by atoms with Crippen LogP contribution in [-0.4, -0.2) is 57.2 Å². The minimum absolute atomic E-state index is 0.0550. The molecule has 3 atom stereocenters. The van der Waals surface area contributed by atoms with Gasteiger partial charge in [-0.15, -0.1) is 0 Å². The van der Waals surface area contributed by atoms with Crippen LogP contribution in [0.2, 0.25) is 0 Å². The molecule has 3 aromatic rings. The zero-order valence-corrected chi connectivity index (χ0v) is 21.9. The van der Waals surface area contributed by atoms with E-state index in [1.54, 1.807) is 11.0 Å². The van der Waals surface area contributed by atoms with Crippen LogP contribution in [0, 0.1) is 5.92 Å². The lowest BCUT2D eigenvalue weighted by molar-refractivity contribution is -0.142. The Morgan fingerprint density at radius 2 is 1.58 bits per heavy atom. The van der Waals surface area contributed by atoms with E-state index in [1.165, 1.54) is 4.90 Å². The molecule has 3 aromatic carbocycles. The first kappa shape index (κ1) is 25.9. The highest BCUT2D eigenvalue weighted by atomic mass is 16.3. The average Bonchev–Trinajstić information content (AvgIpc) is 3.48. The van der Waals surface area contributed by atoms with Crippen LogP contribution in [0.25, 0.3) is 11.1 Å². The van der Waals surface area contributed by atoms with Crippen molar-refractivity contribution in [1.29, 1.82) is 0 Å². The van der Waals surface area contributed by atoms with Gasteiger partial charge < -0.3 is 14.9 Å². The van der Waals surface area contributed by atoms with Crippen LogP contribution in [0.3, 0.4) is 0 Å². The summed E-state index contributed by atoms with van der Waals surface area (Å²) >= 11 is 0. The first-order valence-electron chi connectivity index (χ1n) is 13.4. The van der Waals surface area contributed by atoms with Crippen LogP contribution >= 0.6 is 0 Å². The summed E-state index contributed by atoms with van der Waals surface area (Å²) in [5.41, 5.74) is 4.84. The molecular weight excluding hydrogens is 476 g/mol. The van der Waals surface area contributed by atoms with Crippen molar-refractivity contribution < 1.29 is 19.5 Å². The molecule has 2 aliphatic heterocycles. The van der Waals surface area contributed by atoms with Gasteiger partial charge in [0.15, 0.2) is 5.78 Å². The number of rotatable bonds is 8. The lowest BCUT2D eigenvalue weighted by Gasteiger charge is -2.35. The van der Waals surface area contributed by atoms with Crippen LogP contribution in [0.4, 0.5) is 0 Å². The Bertz CT molecular complexity index is 1320. The monoisotopic (exact) mass is 510 g/mol. The normalized spacial score (nSPS) is 19.6. The number of amides is 2. The smallest absolute Gasteiger partial charge is 0.255 e. The Kier molecular flexibility index (Phi) is 7.43. The van der Waals surface area contributed by atoms with Gasteiger partial charge in [0.25, 0.3) is 5.91 Å². The molecule has 2 aliphatic rings. The first-order valence-corrected chi connectivity index (χ1v) is 13.4. The predicted molar refractivity (Wildman–Crippen MR) is 146 cm³/mol. The first-order chi connectivity index (χ1) is 18.3. The zero-order chi connectivity index (χ0) is 26.8. The van der Waals surface area contributed by atoms with Gasteiger partial charge in [-0.3, -0.25) is 14.4 Å². The highest BCUT2D eigenvalue weighted by Gasteiger charge is 2.45. The molecule has 0 spiro atoms. The summed E-state index contributed by atoms with van der Waals surface area (Å²) in [5.74, 6) is -0.615. The van der Waals surface area contributed by atoms with Gasteiger partial charge >= 0.3 is 0 Å². The van der Waals surface area contributed by atoms with Gasteiger partial charge in [-0.25, -0.2) is 0 Å². The molecule has 0 aliphatic carbocycles. The Balaban J connectivity index is 1.27. The molecule has 0 radical (unpaired) electrons. The van der Waals surface area contributed by atoms with Crippen LogP contribution < -0.4 is 0 Å². The number of aryl methyl sites for hydroxylation is 1. The summed E-state index contributed by atoms with van der Waals surface area (Å²) in [6.45, 7) is 4.32. The summed E-state index contributed by atoms with van der Waals surface area (Å²) in [4.78, 5) is 43.5. The predicted octanol–water partition coefficient (Wildman–Crippen LogP) is 4.50. The molecule has 0 unspecified atom stereocenters. The fourth-order valence-electron chi connectivity index (χ4n) is 5.74. The second kappa shape index (κ2) is 10.9. The molecule has 0 bridgehead atoms. The van der Waals surface area contributed by atoms with Crippen molar-refractivity contribution in [3.63, 3.8) is 0 Å². The number of hydrogen-bond donors (Lipinski definition) is 1. The fourth-order valence-corrected chi connectivity index (χ4v) is 5.74. The average molecular weight is 511 g/mol. The Hall–Kier alpha value is -3.77. The molecule has 1 fully saturated rings. The number of β-amino-alcohol motifs (C(OH)–C–C–N with tert-alkyl or cyclic N) is 1. The van der Waals surface area contributed by atoms with E-state index >= 15 is 0 Å². The van der Waals surface area contributed by atoms with Gasteiger partial charge in [0, 0.05) is 31.5 Å². The van der Waals surface area contributed by atoms with Gasteiger partial charge in [-0.1, -0.05) is 86.6 Å². The van der Waals surface area contributed by atoms with Crippen molar-refractivity contribution in [2.45, 2.75) is 57.8 Å². The quantitative estimate of drug-likeness (QED) is 0.484. The Morgan fingerprint density at radius 1 is 0.921 bits per heavy atom. The van der Waals surface area contributed by atoms with E-state index in [0.717, 1.165) is 22.3 Å². The van der Waals surface area contributed by atoms with Crippen molar-refractivity contribution in [2.75, 3.05) is 6.54 Å². The maximum atomic E-state index is 13.8. The summed E-state index contributed by atoms with van der Waals surface area (Å²) in [7, 11) is 0. The summed E-state index contributed by atoms with van der Waals surface area (Å²) in [6, 6.07) is 24.4. The lowest BCUT2D eigenvalue weighted by atomic mass is 9.97. The minimum Gasteiger partial charge on any atom is -0.391 e. The number of likely N-dealkylation sites (tertiary alicyclic amines) is 1. The summed E-state index contributed by atoms with van der Waals surface area (Å²) in [6.07, 6.45) is 0.330. The molecule has 5 rings (SSSR count). The molecular formula is C32H34N2O4. The number of hydrogen-bond acceptors (Lipinski definition) is 4. The number of carbonyl (C=O) groups is 3. The summed E-state index contributed by atoms with van der Waals surface area (Å²) in [5, 5.41) is 10.4. The third-order valence-corrected chi connectivity index (χ3v) is 7.72. The molecule has 6 heteroatoms. The topological polar surface area (TPSA) is 77.9 Å². The molecule has 38 heavy (non-hydrogen) atoms. The number of aliphatic hydroxyl groups is 1. The van der Waals surface area contributed by atoms with Gasteiger partial charge in [0.2, 0.25) is 5.91 Å². The number of fused-ring (bicyclic) bond motifs is 1. The van der Waals surface area contributed by atoms with Crippen LogP contribution in [0.5, 0.6) is 0 Å². The largest absolute Gasteiger partial charge is 0.391 e. The molecule has 0 saturated carbocycles. The van der Waals surface area contributed by atoms with Gasteiger partial charge in [-0.2, -0.15) is 0 Å². The highest BCUT2D eigenvalue weighted by molar-refractivity contribution is 6.01. The van der Waals surface area contributed by atoms with Crippen molar-refractivity contribution in [1.82, 2.24) is 9.80 Å². The van der Waals surface area contributed by atoms with Crippen molar-refractivity contribution in [3.05, 3.63) is 95.6 Å². The third-order valence-electron chi connectivity index (χ3n) is 7.72. The number of Topliss-reactive ketones (excluding diaryl/α,β-unsaturated/α-hetero) is 1. The SMILES string of the molecule is CC(C)[C@@H](C(=O)N1C[C@H](O)C[C@H]1C(=O)CCc1ccc(-c2ccccc2)cc1)N1Cc2ccccc2C1=O. The molecule has 1 saturated heterocycles. The highest BCUT2D eigenvalue weighted by Crippen LogP contribution is 2.30. The molecule has 1 N–H and O–H groups in total. The fraction of sp³-hybridized carbons (Fsp3) is 0.344. The minimum atomic E-state index is -0.752. The van der Waals surface area contributed by atoms with E-state index in [4.69, 9.17) is 0 Å². The summed E-state index contributed by atoms with van der Waals surface area (Å²) < 4.78 is 0. The van der Waals surface area contributed by atoms with Crippen molar-refractivity contribution in [3.8, 4) is 11.1 Å². The molecule has 196 valence electrons. The Morgan fingerprint density at radius 3 is 2.26 bits per heavy atom. The zero-order valence-electron chi connectivity index (χ0n) is 21.9. The molecule has 6 nitrogen and oxygen atoms in total. The van der Waals surface area contributed by atoms with E-state index in [9.17, 15) is 19.5 Å². The van der Waals surface area contributed by atoms with Gasteiger partial charge in [0.05, 0.1) is 12.1 Å². The van der Waals surface area contributed by atoms with E-state index in [2.05, 4.69) is 24.3 Å². The lowest BCUT2D eigenvalue weighted by Crippen LogP contribution is -2.54. The van der Waals surface area contributed by atoms with Gasteiger partial charge in [0.1, 0.15) is 6.04 Å². The molecule has 0 aromatic heterocycles. The van der Waals surface area contributed by atoms with Gasteiger partial charge in [-0.05, 0) is 40.7 Å². The molecule has 2 heterocycles. The second-order valence-corrected chi connectivity index (χ2v) is 10.7. The third kappa shape index (κ3) is 5.14. The Labute approximate surface area is 223 Å². The van der Waals surface area contributed by atoms with E-state index in [-0.39, 0.29) is 42.9 Å².